The fourth-order valence-corrected chi connectivity index (χ4v) is 2.93. The summed E-state index contributed by atoms with van der Waals surface area (Å²) in [7, 11) is 4.05. The van der Waals surface area contributed by atoms with Crippen molar-refractivity contribution >= 4 is 17.7 Å². The molecule has 1 unspecified atom stereocenters. The van der Waals surface area contributed by atoms with Gasteiger partial charge in [-0.25, -0.2) is 4.79 Å². The van der Waals surface area contributed by atoms with Gasteiger partial charge in [0.15, 0.2) is 0 Å². The smallest absolute Gasteiger partial charge is 0.412 e. The van der Waals surface area contributed by atoms with E-state index in [0.29, 0.717) is 12.2 Å². The molecule has 0 radical (unpaired) electrons. The Bertz CT molecular complexity index is 812. The lowest BCUT2D eigenvalue weighted by Crippen LogP contribution is -2.42. The van der Waals surface area contributed by atoms with Gasteiger partial charge < -0.3 is 15.0 Å². The molecule has 1 atom stereocenters. The highest BCUT2D eigenvalue weighted by Gasteiger charge is 2.16. The highest BCUT2D eigenvalue weighted by Crippen LogP contribution is 2.13. The van der Waals surface area contributed by atoms with Gasteiger partial charge in [-0.05, 0) is 64.5 Å². The number of nitrogens with zero attached hydrogens (tertiary/aromatic N) is 1. The molecule has 0 bridgehead atoms. The topological polar surface area (TPSA) is 70.7 Å². The highest BCUT2D eigenvalue weighted by atomic mass is 16.6. The third-order valence-corrected chi connectivity index (χ3v) is 4.54. The van der Waals surface area contributed by atoms with Crippen molar-refractivity contribution in [3.05, 3.63) is 65.7 Å². The molecule has 2 aromatic rings. The minimum atomic E-state index is -0.549. The molecule has 0 saturated heterocycles. The number of benzene rings is 2. The molecule has 6 heteroatoms. The molecular weight excluding hydrogens is 378 g/mol. The summed E-state index contributed by atoms with van der Waals surface area (Å²) < 4.78 is 5.23. The van der Waals surface area contributed by atoms with E-state index in [-0.39, 0.29) is 18.4 Å². The molecule has 162 valence electrons. The Hall–Kier alpha value is -2.86. The number of rotatable bonds is 8. The van der Waals surface area contributed by atoms with Gasteiger partial charge in [0, 0.05) is 18.3 Å². The monoisotopic (exact) mass is 411 g/mol. The first-order chi connectivity index (χ1) is 14.1. The van der Waals surface area contributed by atoms with Crippen LogP contribution in [0.5, 0.6) is 0 Å². The maximum absolute atomic E-state index is 12.4. The van der Waals surface area contributed by atoms with Crippen LogP contribution >= 0.6 is 0 Å². The summed E-state index contributed by atoms with van der Waals surface area (Å²) in [5.74, 6) is -0.0252. The summed E-state index contributed by atoms with van der Waals surface area (Å²) in [5, 5.41) is 5.72. The number of carbonyl (C=O) groups is 2. The third-order valence-electron chi connectivity index (χ3n) is 4.54. The van der Waals surface area contributed by atoms with Crippen molar-refractivity contribution in [1.29, 1.82) is 0 Å². The Morgan fingerprint density at radius 1 is 0.967 bits per heavy atom. The van der Waals surface area contributed by atoms with Crippen LogP contribution in [0.15, 0.2) is 54.6 Å². The maximum Gasteiger partial charge on any atom is 0.412 e. The Kier molecular flexibility index (Phi) is 8.42. The van der Waals surface area contributed by atoms with E-state index in [9.17, 15) is 9.59 Å². The van der Waals surface area contributed by atoms with Crippen molar-refractivity contribution in [3.8, 4) is 0 Å². The zero-order chi connectivity index (χ0) is 22.1. The van der Waals surface area contributed by atoms with Crippen LogP contribution in [-0.4, -0.2) is 49.2 Å². The van der Waals surface area contributed by atoms with Crippen LogP contribution in [0, 0.1) is 0 Å². The first-order valence-corrected chi connectivity index (χ1v) is 10.2. The van der Waals surface area contributed by atoms with E-state index in [2.05, 4.69) is 27.7 Å². The second-order valence-corrected chi connectivity index (χ2v) is 8.61. The van der Waals surface area contributed by atoms with Gasteiger partial charge in [0.2, 0.25) is 5.91 Å². The lowest BCUT2D eigenvalue weighted by atomic mass is 10.0. The van der Waals surface area contributed by atoms with Crippen molar-refractivity contribution in [2.75, 3.05) is 26.0 Å². The van der Waals surface area contributed by atoms with Gasteiger partial charge in [-0.2, -0.15) is 0 Å². The molecular formula is C24H33N3O3. The van der Waals surface area contributed by atoms with E-state index in [0.717, 1.165) is 12.0 Å². The minimum Gasteiger partial charge on any atom is -0.444 e. The number of anilines is 1. The largest absolute Gasteiger partial charge is 0.444 e. The van der Waals surface area contributed by atoms with Gasteiger partial charge in [-0.1, -0.05) is 42.5 Å². The second kappa shape index (κ2) is 10.8. The van der Waals surface area contributed by atoms with Crippen LogP contribution in [0.2, 0.25) is 0 Å². The fourth-order valence-electron chi connectivity index (χ4n) is 2.93. The lowest BCUT2D eigenvalue weighted by Gasteiger charge is -2.25. The van der Waals surface area contributed by atoms with Crippen molar-refractivity contribution in [3.63, 3.8) is 0 Å². The van der Waals surface area contributed by atoms with Crippen LogP contribution in [0.1, 0.15) is 31.9 Å². The van der Waals surface area contributed by atoms with Crippen LogP contribution in [0.4, 0.5) is 10.5 Å². The minimum absolute atomic E-state index is 0.0252. The van der Waals surface area contributed by atoms with Crippen molar-refractivity contribution in [2.24, 2.45) is 0 Å². The zero-order valence-electron chi connectivity index (χ0n) is 18.6. The molecule has 0 heterocycles. The first kappa shape index (κ1) is 23.4. The summed E-state index contributed by atoms with van der Waals surface area (Å²) in [6, 6.07) is 17.7. The van der Waals surface area contributed by atoms with E-state index in [1.54, 1.807) is 12.1 Å². The molecule has 0 saturated carbocycles. The standard InChI is InChI=1S/C24H33N3O3/c1-24(2,3)30-23(29)26-20-13-11-19(12-14-20)16-22(28)25-17-21(27(4)5)15-18-9-7-6-8-10-18/h6-14,21H,15-17H2,1-5H3,(H,25,28)(H,26,29). The number of nitrogens with one attached hydrogen (secondary N) is 2. The predicted octanol–water partition coefficient (Wildman–Crippen LogP) is 3.87. The highest BCUT2D eigenvalue weighted by molar-refractivity contribution is 5.85. The average molecular weight is 412 g/mol. The van der Waals surface area contributed by atoms with Gasteiger partial charge in [0.25, 0.3) is 0 Å². The Labute approximate surface area is 179 Å². The Balaban J connectivity index is 1.83. The molecule has 0 fully saturated rings. The second-order valence-electron chi connectivity index (χ2n) is 8.61. The maximum atomic E-state index is 12.4. The van der Waals surface area contributed by atoms with E-state index < -0.39 is 11.7 Å². The van der Waals surface area contributed by atoms with E-state index in [1.165, 1.54) is 5.56 Å². The normalized spacial score (nSPS) is 12.3. The molecule has 30 heavy (non-hydrogen) atoms. The van der Waals surface area contributed by atoms with Crippen LogP contribution in [0.3, 0.4) is 0 Å². The molecule has 0 aliphatic carbocycles. The Morgan fingerprint density at radius 3 is 2.17 bits per heavy atom. The molecule has 6 nitrogen and oxygen atoms in total. The molecule has 2 N–H and O–H groups in total. The third kappa shape index (κ3) is 8.66. The summed E-state index contributed by atoms with van der Waals surface area (Å²) in [6.07, 6.45) is 0.665. The quantitative estimate of drug-likeness (QED) is 0.692. The summed E-state index contributed by atoms with van der Waals surface area (Å²) in [4.78, 5) is 26.3. The van der Waals surface area contributed by atoms with Gasteiger partial charge in [-0.3, -0.25) is 10.1 Å². The molecule has 0 aliphatic rings. The number of hydrogen-bond donors (Lipinski definition) is 2. The van der Waals surface area contributed by atoms with Crippen molar-refractivity contribution < 1.29 is 14.3 Å². The number of hydrogen-bond acceptors (Lipinski definition) is 4. The van der Waals surface area contributed by atoms with Crippen LogP contribution < -0.4 is 10.6 Å². The number of ether oxygens (including phenoxy) is 1. The molecule has 2 rings (SSSR count). The fraction of sp³-hybridized carbons (Fsp3) is 0.417. The lowest BCUT2D eigenvalue weighted by molar-refractivity contribution is -0.120. The van der Waals surface area contributed by atoms with Gasteiger partial charge in [-0.15, -0.1) is 0 Å². The SMILES string of the molecule is CN(C)C(CNC(=O)Cc1ccc(NC(=O)OC(C)(C)C)cc1)Cc1ccccc1. The van der Waals surface area contributed by atoms with Gasteiger partial charge in [0.05, 0.1) is 6.42 Å². The predicted molar refractivity (Wildman–Crippen MR) is 121 cm³/mol. The van der Waals surface area contributed by atoms with Gasteiger partial charge in [0.1, 0.15) is 5.60 Å². The summed E-state index contributed by atoms with van der Waals surface area (Å²) in [5.41, 5.74) is 2.21. The number of likely N-dealkylation sites (N-methyl/N-ethyl adjacent to an activating group) is 1. The molecule has 0 aromatic heterocycles. The number of carbonyl (C=O) groups excluding carboxylic acids is 2. The van der Waals surface area contributed by atoms with E-state index in [4.69, 9.17) is 4.74 Å². The summed E-state index contributed by atoms with van der Waals surface area (Å²) >= 11 is 0. The Morgan fingerprint density at radius 2 is 1.60 bits per heavy atom. The van der Waals surface area contributed by atoms with Crippen molar-refractivity contribution in [2.45, 2.75) is 45.3 Å². The van der Waals surface area contributed by atoms with Crippen molar-refractivity contribution in [1.82, 2.24) is 10.2 Å². The molecule has 0 spiro atoms. The van der Waals surface area contributed by atoms with Crippen LogP contribution in [0.25, 0.3) is 0 Å². The van der Waals surface area contributed by atoms with Crippen LogP contribution in [-0.2, 0) is 22.4 Å². The van der Waals surface area contributed by atoms with E-state index in [1.807, 2.05) is 65.2 Å². The molecule has 2 aromatic carbocycles. The molecule has 0 aliphatic heterocycles. The zero-order valence-corrected chi connectivity index (χ0v) is 18.6. The average Bonchev–Trinajstić information content (AvgIpc) is 2.65. The molecule has 2 amide bonds. The first-order valence-electron chi connectivity index (χ1n) is 10.2. The van der Waals surface area contributed by atoms with E-state index >= 15 is 0 Å². The number of amides is 2. The van der Waals surface area contributed by atoms with Gasteiger partial charge >= 0.3 is 6.09 Å². The summed E-state index contributed by atoms with van der Waals surface area (Å²) in [6.45, 7) is 6.03.